The lowest BCUT2D eigenvalue weighted by Crippen LogP contribution is -2.44. The predicted octanol–water partition coefficient (Wildman–Crippen LogP) is 13.5. The van der Waals surface area contributed by atoms with E-state index in [9.17, 15) is 62.3 Å². The summed E-state index contributed by atoms with van der Waals surface area (Å²) in [6.45, 7) is -0.909. The van der Waals surface area contributed by atoms with E-state index in [-0.39, 0.29) is 77.4 Å². The summed E-state index contributed by atoms with van der Waals surface area (Å²) in [5, 5.41) is 7.14. The van der Waals surface area contributed by atoms with Crippen molar-refractivity contribution in [1.29, 1.82) is 0 Å². The van der Waals surface area contributed by atoms with Crippen LogP contribution >= 0.6 is 92.3 Å². The first kappa shape index (κ1) is 50.1. The molecule has 0 amide bonds. The van der Waals surface area contributed by atoms with Gasteiger partial charge in [0.05, 0.1) is 36.7 Å². The molecule has 4 heterocycles. The van der Waals surface area contributed by atoms with Gasteiger partial charge in [-0.25, -0.2) is 19.6 Å². The molecule has 28 heteroatoms. The van der Waals surface area contributed by atoms with E-state index in [1.165, 1.54) is 6.92 Å². The summed E-state index contributed by atoms with van der Waals surface area (Å²) >= 11 is 35.7. The fraction of sp³-hybridized carbons (Fsp3) is 0.412. The van der Waals surface area contributed by atoms with Crippen LogP contribution in [0.4, 0.5) is 62.9 Å². The normalized spacial score (nSPS) is 19.8. The molecule has 2 fully saturated rings. The maximum Gasteiger partial charge on any atom is 0.435 e. The Hall–Kier alpha value is -2.86. The van der Waals surface area contributed by atoms with E-state index in [1.54, 1.807) is 0 Å². The van der Waals surface area contributed by atoms with Gasteiger partial charge in [-0.05, 0) is 55.2 Å². The summed E-state index contributed by atoms with van der Waals surface area (Å²) in [7, 11) is 0. The summed E-state index contributed by atoms with van der Waals surface area (Å²) in [6.07, 6.45) is -20.7. The molecule has 2 aromatic carbocycles. The Kier molecular flexibility index (Phi) is 14.4. The first-order valence-electron chi connectivity index (χ1n) is 16.9. The van der Waals surface area contributed by atoms with Crippen LogP contribution in [-0.4, -0.2) is 72.2 Å². The number of carbonyl (C=O) groups excluding carboxylic acids is 1. The molecule has 0 aliphatic carbocycles. The minimum absolute atomic E-state index is 0.113. The monoisotopic (exact) mass is 1050 g/mol. The number of hydrogen-bond acceptors (Lipinski definition) is 9. The number of halogens is 18. The van der Waals surface area contributed by atoms with Gasteiger partial charge >= 0.3 is 36.6 Å². The highest BCUT2D eigenvalue weighted by Gasteiger charge is 2.61. The highest BCUT2D eigenvalue weighted by atomic mass is 35.5. The molecule has 2 atom stereocenters. The number of ether oxygens (including phenoxy) is 1. The van der Waals surface area contributed by atoms with Gasteiger partial charge in [0.2, 0.25) is 0 Å². The van der Waals surface area contributed by atoms with Crippen LogP contribution in [0.1, 0.15) is 61.6 Å². The molecule has 0 bridgehead atoms. The van der Waals surface area contributed by atoms with Gasteiger partial charge in [-0.3, -0.25) is 0 Å². The second-order valence-electron chi connectivity index (χ2n) is 13.4. The van der Waals surface area contributed by atoms with Gasteiger partial charge in [-0.15, -0.1) is 0 Å². The van der Waals surface area contributed by atoms with Gasteiger partial charge in [0.25, 0.3) is 0 Å². The quantitative estimate of drug-likeness (QED) is 0.111. The van der Waals surface area contributed by atoms with Crippen molar-refractivity contribution in [2.24, 2.45) is 0 Å². The number of rotatable bonds is 7. The zero-order valence-electron chi connectivity index (χ0n) is 30.3. The minimum Gasteiger partial charge on any atom is -0.477 e. The molecule has 0 spiro atoms. The van der Waals surface area contributed by atoms with Gasteiger partial charge in [-0.2, -0.15) is 52.7 Å². The molecule has 8 nitrogen and oxygen atoms in total. The Morgan fingerprint density at radius 3 is 1.29 bits per heavy atom. The maximum absolute atomic E-state index is 14.2. The standard InChI is InChI=1S/C18H13Cl3F6N2O2S.C16H9Cl3F6N2O2S/c1-2-31-14(30)12-13(17(22,23)24)28-15(32-12)29-4-3-16(7-29,18(25,26)27)8-5-9(19)11(21)10(20)6-8;17-7-3-6(4-8(18)9(7)19)14(16(23,24)25)1-2-27(5-14)13-26-11(15(20,21)22)10(30-13)12(28)29/h5-6H,2-4,7H2,1H3;3-4H,1-2,5H2,(H,28,29). The number of esters is 1. The van der Waals surface area contributed by atoms with Gasteiger partial charge in [0.1, 0.15) is 20.6 Å². The molecule has 0 radical (unpaired) electrons. The molecule has 2 saturated heterocycles. The van der Waals surface area contributed by atoms with Gasteiger partial charge in [-0.1, -0.05) is 92.3 Å². The Morgan fingerprint density at radius 2 is 1.00 bits per heavy atom. The lowest BCUT2D eigenvalue weighted by molar-refractivity contribution is -0.185. The molecule has 0 saturated carbocycles. The lowest BCUT2D eigenvalue weighted by atomic mass is 9.79. The van der Waals surface area contributed by atoms with Crippen molar-refractivity contribution in [2.45, 2.75) is 55.3 Å². The number of hydrogen-bond donors (Lipinski definition) is 1. The van der Waals surface area contributed by atoms with E-state index >= 15 is 0 Å². The lowest BCUT2D eigenvalue weighted by Gasteiger charge is -2.32. The van der Waals surface area contributed by atoms with E-state index in [4.69, 9.17) is 74.7 Å². The third-order valence-corrected chi connectivity index (χ3v) is 14.3. The molecule has 6 rings (SSSR count). The number of carboxylic acids is 1. The van der Waals surface area contributed by atoms with E-state index in [1.807, 2.05) is 0 Å². The minimum atomic E-state index is -5.07. The van der Waals surface area contributed by atoms with Crippen LogP contribution in [0.3, 0.4) is 0 Å². The molecular formula is C34H22Cl6F12N4O4S2. The number of benzene rings is 2. The van der Waals surface area contributed by atoms with E-state index in [2.05, 4.69) is 14.7 Å². The summed E-state index contributed by atoms with van der Waals surface area (Å²) in [5.74, 6) is -3.12. The summed E-state index contributed by atoms with van der Waals surface area (Å²) in [6, 6.07) is 4.11. The number of carboxylic acid groups (broad SMARTS) is 1. The van der Waals surface area contributed by atoms with Crippen molar-refractivity contribution in [1.82, 2.24) is 9.97 Å². The van der Waals surface area contributed by atoms with Crippen LogP contribution in [-0.2, 0) is 27.9 Å². The fourth-order valence-electron chi connectivity index (χ4n) is 6.62. The average molecular weight is 1060 g/mol. The number of thiazole rings is 2. The van der Waals surface area contributed by atoms with Crippen LogP contribution in [0.25, 0.3) is 0 Å². The molecule has 2 unspecified atom stereocenters. The zero-order valence-corrected chi connectivity index (χ0v) is 36.5. The number of nitrogens with zero attached hydrogens (tertiary/aromatic N) is 4. The Labute approximate surface area is 379 Å². The third kappa shape index (κ3) is 9.72. The van der Waals surface area contributed by atoms with Crippen LogP contribution in [0.5, 0.6) is 0 Å². The highest BCUT2D eigenvalue weighted by Crippen LogP contribution is 2.53. The molecular weight excluding hydrogens is 1030 g/mol. The first-order valence-corrected chi connectivity index (χ1v) is 20.8. The van der Waals surface area contributed by atoms with E-state index < -0.39 is 99.7 Å². The summed E-state index contributed by atoms with van der Waals surface area (Å²) in [5.41, 5.74) is -8.74. The summed E-state index contributed by atoms with van der Waals surface area (Å²) < 4.78 is 169. The number of aromatic carboxylic acids is 1. The molecule has 62 heavy (non-hydrogen) atoms. The predicted molar refractivity (Wildman–Crippen MR) is 209 cm³/mol. The average Bonchev–Trinajstić information content (AvgIpc) is 3.96. The Bertz CT molecular complexity index is 2330. The topological polar surface area (TPSA) is 95.9 Å². The van der Waals surface area contributed by atoms with Crippen LogP contribution < -0.4 is 9.80 Å². The molecule has 2 aliphatic rings. The second-order valence-corrected chi connectivity index (χ2v) is 17.7. The first-order chi connectivity index (χ1) is 28.4. The number of carbonyl (C=O) groups is 2. The van der Waals surface area contributed by atoms with E-state index in [0.717, 1.165) is 34.1 Å². The van der Waals surface area contributed by atoms with Crippen molar-refractivity contribution in [3.8, 4) is 0 Å². The van der Waals surface area contributed by atoms with Crippen molar-refractivity contribution in [2.75, 3.05) is 42.6 Å². The smallest absolute Gasteiger partial charge is 0.435 e. The van der Waals surface area contributed by atoms with E-state index in [0.29, 0.717) is 11.3 Å². The maximum atomic E-state index is 14.2. The zero-order chi connectivity index (χ0) is 46.7. The number of anilines is 2. The molecule has 1 N–H and O–H groups in total. The van der Waals surface area contributed by atoms with Gasteiger partial charge in [0.15, 0.2) is 21.7 Å². The fourth-order valence-corrected chi connectivity index (χ4v) is 9.77. The Morgan fingerprint density at radius 1 is 0.661 bits per heavy atom. The van der Waals surface area contributed by atoms with Crippen LogP contribution in [0.2, 0.25) is 30.1 Å². The molecule has 2 aromatic heterocycles. The summed E-state index contributed by atoms with van der Waals surface area (Å²) in [4.78, 5) is 29.9. The number of aromatic nitrogens is 2. The third-order valence-electron chi connectivity index (χ3n) is 9.66. The largest absolute Gasteiger partial charge is 0.477 e. The van der Waals surface area contributed by atoms with Crippen molar-refractivity contribution in [3.63, 3.8) is 0 Å². The SMILES string of the molecule is CCOC(=O)c1sc(N2CCC(c3cc(Cl)c(Cl)c(Cl)c3)(C(F)(F)F)C2)nc1C(F)(F)F.O=C(O)c1sc(N2CCC(c3cc(Cl)c(Cl)c(Cl)c3)(C(F)(F)F)C2)nc1C(F)(F)F. The second kappa shape index (κ2) is 17.8. The molecule has 2 aliphatic heterocycles. The Balaban J connectivity index is 0.000000235. The van der Waals surface area contributed by atoms with Gasteiger partial charge < -0.3 is 19.6 Å². The van der Waals surface area contributed by atoms with Gasteiger partial charge in [0, 0.05) is 26.2 Å². The van der Waals surface area contributed by atoms with Crippen molar-refractivity contribution in [3.05, 3.63) is 86.7 Å². The highest BCUT2D eigenvalue weighted by molar-refractivity contribution is 7.18. The van der Waals surface area contributed by atoms with Crippen LogP contribution in [0.15, 0.2) is 24.3 Å². The molecule has 4 aromatic rings. The number of alkyl halides is 12. The molecule has 340 valence electrons. The van der Waals surface area contributed by atoms with Crippen LogP contribution in [0, 0.1) is 0 Å². The van der Waals surface area contributed by atoms with Crippen molar-refractivity contribution >= 4 is 114 Å². The van der Waals surface area contributed by atoms with Crippen molar-refractivity contribution < 1.29 is 72.1 Å².